The summed E-state index contributed by atoms with van der Waals surface area (Å²) in [6.07, 6.45) is 0.741. The van der Waals surface area contributed by atoms with Gasteiger partial charge in [0.25, 0.3) is 0 Å². The molecular formula is C10H11ClN2. The van der Waals surface area contributed by atoms with Crippen molar-refractivity contribution in [2.24, 2.45) is 5.73 Å². The van der Waals surface area contributed by atoms with Gasteiger partial charge in [0.05, 0.1) is 11.6 Å². The lowest BCUT2D eigenvalue weighted by Crippen LogP contribution is -2.17. The predicted molar refractivity (Wildman–Crippen MR) is 53.5 cm³/mol. The second-order valence-corrected chi connectivity index (χ2v) is 3.51. The number of nitriles is 1. The van der Waals surface area contributed by atoms with E-state index in [1.54, 1.807) is 12.1 Å². The van der Waals surface area contributed by atoms with Gasteiger partial charge in [-0.15, -0.1) is 0 Å². The van der Waals surface area contributed by atoms with Gasteiger partial charge in [0, 0.05) is 11.1 Å². The van der Waals surface area contributed by atoms with Crippen LogP contribution in [0.3, 0.4) is 0 Å². The van der Waals surface area contributed by atoms with Crippen molar-refractivity contribution in [3.63, 3.8) is 0 Å². The largest absolute Gasteiger partial charge is 0.328 e. The summed E-state index contributed by atoms with van der Waals surface area (Å²) in [7, 11) is 0. The molecule has 0 saturated carbocycles. The minimum absolute atomic E-state index is 0.0884. The highest BCUT2D eigenvalue weighted by Crippen LogP contribution is 2.18. The topological polar surface area (TPSA) is 49.8 Å². The number of halogens is 1. The third-order valence-electron chi connectivity index (χ3n) is 1.72. The minimum atomic E-state index is 0.0884. The van der Waals surface area contributed by atoms with E-state index in [-0.39, 0.29) is 6.04 Å². The van der Waals surface area contributed by atoms with Gasteiger partial charge in [0.2, 0.25) is 0 Å². The molecule has 0 aliphatic heterocycles. The second-order valence-electron chi connectivity index (χ2n) is 3.10. The molecule has 0 bridgehead atoms. The Kier molecular flexibility index (Phi) is 3.30. The van der Waals surface area contributed by atoms with Crippen LogP contribution in [0.5, 0.6) is 0 Å². The van der Waals surface area contributed by atoms with E-state index < -0.39 is 0 Å². The van der Waals surface area contributed by atoms with Crippen LogP contribution < -0.4 is 5.73 Å². The smallest absolute Gasteiger partial charge is 0.0992 e. The monoisotopic (exact) mass is 194 g/mol. The van der Waals surface area contributed by atoms with Crippen LogP contribution in [-0.2, 0) is 6.42 Å². The number of rotatable bonds is 2. The minimum Gasteiger partial charge on any atom is -0.328 e. The third kappa shape index (κ3) is 2.73. The second kappa shape index (κ2) is 4.27. The molecule has 0 saturated heterocycles. The van der Waals surface area contributed by atoms with Crippen LogP contribution >= 0.6 is 11.6 Å². The maximum absolute atomic E-state index is 8.60. The molecule has 1 rings (SSSR count). The van der Waals surface area contributed by atoms with E-state index in [0.717, 1.165) is 12.0 Å². The Hall–Kier alpha value is -1.04. The van der Waals surface area contributed by atoms with Gasteiger partial charge in [-0.05, 0) is 31.0 Å². The van der Waals surface area contributed by atoms with Crippen LogP contribution in [-0.4, -0.2) is 6.04 Å². The fraction of sp³-hybridized carbons (Fsp3) is 0.300. The SMILES string of the molecule is CC(N)Cc1ccc(C#N)cc1Cl. The maximum atomic E-state index is 8.60. The summed E-state index contributed by atoms with van der Waals surface area (Å²) >= 11 is 5.95. The first kappa shape index (κ1) is 10.0. The summed E-state index contributed by atoms with van der Waals surface area (Å²) in [5.41, 5.74) is 7.22. The highest BCUT2D eigenvalue weighted by molar-refractivity contribution is 6.31. The molecule has 0 aromatic heterocycles. The quantitative estimate of drug-likeness (QED) is 0.784. The lowest BCUT2D eigenvalue weighted by molar-refractivity contribution is 0.738. The van der Waals surface area contributed by atoms with E-state index >= 15 is 0 Å². The summed E-state index contributed by atoms with van der Waals surface area (Å²) < 4.78 is 0. The Bertz CT molecular complexity index is 339. The van der Waals surface area contributed by atoms with Crippen LogP contribution in [0.2, 0.25) is 5.02 Å². The Morgan fingerprint density at radius 3 is 2.77 bits per heavy atom. The normalized spacial score (nSPS) is 12.2. The van der Waals surface area contributed by atoms with Gasteiger partial charge in [0.1, 0.15) is 0 Å². The summed E-state index contributed by atoms with van der Waals surface area (Å²) in [5.74, 6) is 0. The maximum Gasteiger partial charge on any atom is 0.0992 e. The van der Waals surface area contributed by atoms with Crippen molar-refractivity contribution in [2.75, 3.05) is 0 Å². The molecule has 0 spiro atoms. The molecule has 13 heavy (non-hydrogen) atoms. The van der Waals surface area contributed by atoms with E-state index in [9.17, 15) is 0 Å². The van der Waals surface area contributed by atoms with Gasteiger partial charge in [-0.3, -0.25) is 0 Å². The third-order valence-corrected chi connectivity index (χ3v) is 2.08. The fourth-order valence-electron chi connectivity index (χ4n) is 1.13. The molecule has 0 heterocycles. The fourth-order valence-corrected chi connectivity index (χ4v) is 1.39. The van der Waals surface area contributed by atoms with E-state index in [2.05, 4.69) is 0 Å². The Balaban J connectivity index is 2.93. The summed E-state index contributed by atoms with van der Waals surface area (Å²) in [6.45, 7) is 1.93. The molecule has 1 atom stereocenters. The van der Waals surface area contributed by atoms with Gasteiger partial charge in [-0.25, -0.2) is 0 Å². The van der Waals surface area contributed by atoms with Crippen LogP contribution in [0, 0.1) is 11.3 Å². The van der Waals surface area contributed by atoms with Crippen LogP contribution in [0.1, 0.15) is 18.1 Å². The van der Waals surface area contributed by atoms with Crippen molar-refractivity contribution in [2.45, 2.75) is 19.4 Å². The molecular weight excluding hydrogens is 184 g/mol. The first-order chi connectivity index (χ1) is 6.13. The molecule has 2 nitrogen and oxygen atoms in total. The van der Waals surface area contributed by atoms with E-state index in [4.69, 9.17) is 22.6 Å². The molecule has 1 aromatic carbocycles. The van der Waals surface area contributed by atoms with Crippen molar-refractivity contribution in [3.05, 3.63) is 34.3 Å². The number of nitrogens with zero attached hydrogens (tertiary/aromatic N) is 1. The molecule has 1 unspecified atom stereocenters. The van der Waals surface area contributed by atoms with Gasteiger partial charge in [0.15, 0.2) is 0 Å². The average molecular weight is 195 g/mol. The molecule has 0 radical (unpaired) electrons. The van der Waals surface area contributed by atoms with Crippen molar-refractivity contribution < 1.29 is 0 Å². The number of hydrogen-bond donors (Lipinski definition) is 1. The average Bonchev–Trinajstić information content (AvgIpc) is 2.08. The predicted octanol–water partition coefficient (Wildman–Crippen LogP) is 2.10. The van der Waals surface area contributed by atoms with Crippen LogP contribution in [0.15, 0.2) is 18.2 Å². The van der Waals surface area contributed by atoms with Crippen molar-refractivity contribution in [1.29, 1.82) is 5.26 Å². The molecule has 1 aromatic rings. The number of hydrogen-bond acceptors (Lipinski definition) is 2. The Morgan fingerprint density at radius 2 is 2.31 bits per heavy atom. The summed E-state index contributed by atoms with van der Waals surface area (Å²) in [4.78, 5) is 0. The molecule has 0 aliphatic rings. The molecule has 0 aliphatic carbocycles. The standard InChI is InChI=1S/C10H11ClN2/c1-7(13)4-9-3-2-8(6-12)5-10(9)11/h2-3,5,7H,4,13H2,1H3. The molecule has 0 amide bonds. The highest BCUT2D eigenvalue weighted by atomic mass is 35.5. The number of nitrogens with two attached hydrogens (primary N) is 1. The summed E-state index contributed by atoms with van der Waals surface area (Å²) in [6, 6.07) is 7.39. The molecule has 2 N–H and O–H groups in total. The zero-order valence-corrected chi connectivity index (χ0v) is 8.17. The van der Waals surface area contributed by atoms with Gasteiger partial charge >= 0.3 is 0 Å². The van der Waals surface area contributed by atoms with E-state index in [1.807, 2.05) is 19.1 Å². The summed E-state index contributed by atoms with van der Waals surface area (Å²) in [5, 5.41) is 9.22. The lowest BCUT2D eigenvalue weighted by Gasteiger charge is -2.06. The molecule has 68 valence electrons. The van der Waals surface area contributed by atoms with E-state index in [0.29, 0.717) is 10.6 Å². The van der Waals surface area contributed by atoms with Gasteiger partial charge in [-0.2, -0.15) is 5.26 Å². The number of benzene rings is 1. The van der Waals surface area contributed by atoms with Crippen LogP contribution in [0.4, 0.5) is 0 Å². The van der Waals surface area contributed by atoms with Crippen molar-refractivity contribution >= 4 is 11.6 Å². The first-order valence-electron chi connectivity index (χ1n) is 4.07. The molecule has 0 fully saturated rings. The Labute approximate surface area is 82.9 Å². The zero-order valence-electron chi connectivity index (χ0n) is 7.42. The van der Waals surface area contributed by atoms with Crippen molar-refractivity contribution in [3.8, 4) is 6.07 Å². The van der Waals surface area contributed by atoms with Gasteiger partial charge in [-0.1, -0.05) is 17.7 Å². The van der Waals surface area contributed by atoms with Crippen LogP contribution in [0.25, 0.3) is 0 Å². The van der Waals surface area contributed by atoms with Gasteiger partial charge < -0.3 is 5.73 Å². The Morgan fingerprint density at radius 1 is 1.62 bits per heavy atom. The highest BCUT2D eigenvalue weighted by Gasteiger charge is 2.03. The van der Waals surface area contributed by atoms with Crippen molar-refractivity contribution in [1.82, 2.24) is 0 Å². The molecule has 3 heteroatoms. The zero-order chi connectivity index (χ0) is 9.84. The lowest BCUT2D eigenvalue weighted by atomic mass is 10.1. The van der Waals surface area contributed by atoms with E-state index in [1.165, 1.54) is 0 Å². The first-order valence-corrected chi connectivity index (χ1v) is 4.45.